The van der Waals surface area contributed by atoms with Crippen LogP contribution in [0.15, 0.2) is 18.2 Å². The Kier molecular flexibility index (Phi) is 2.54. The minimum atomic E-state index is 0.365. The van der Waals surface area contributed by atoms with E-state index in [4.69, 9.17) is 5.11 Å². The molecule has 0 radical (unpaired) electrons. The van der Waals surface area contributed by atoms with Gasteiger partial charge in [-0.05, 0) is 52.8 Å². The lowest BCUT2D eigenvalue weighted by Gasteiger charge is -1.98. The highest BCUT2D eigenvalue weighted by Gasteiger charge is 1.94. The molecule has 1 aromatic carbocycles. The summed E-state index contributed by atoms with van der Waals surface area (Å²) in [5, 5.41) is 9.12. The number of aromatic hydroxyl groups is 1. The molecule has 0 unspecified atom stereocenters. The van der Waals surface area contributed by atoms with E-state index in [0.717, 1.165) is 9.99 Å². The summed E-state index contributed by atoms with van der Waals surface area (Å²) in [6.07, 6.45) is 0.977. The lowest BCUT2D eigenvalue weighted by Crippen LogP contribution is -1.80. The van der Waals surface area contributed by atoms with Gasteiger partial charge in [-0.1, -0.05) is 6.92 Å². The molecule has 2 heteroatoms. The smallest absolute Gasteiger partial charge is 0.116 e. The monoisotopic (exact) mass is 248 g/mol. The highest BCUT2D eigenvalue weighted by atomic mass is 127. The van der Waals surface area contributed by atoms with E-state index >= 15 is 0 Å². The first-order valence-electron chi connectivity index (χ1n) is 3.21. The van der Waals surface area contributed by atoms with Crippen molar-refractivity contribution in [2.75, 3.05) is 0 Å². The Hall–Kier alpha value is -0.250. The Bertz CT molecular complexity index is 212. The fourth-order valence-corrected chi connectivity index (χ4v) is 1.56. The summed E-state index contributed by atoms with van der Waals surface area (Å²) in [6, 6.07) is 5.61. The molecule has 0 spiro atoms. The average Bonchev–Trinajstić information content (AvgIpc) is 1.85. The van der Waals surface area contributed by atoms with Gasteiger partial charge in [-0.3, -0.25) is 0 Å². The molecule has 10 heavy (non-hydrogen) atoms. The Morgan fingerprint density at radius 3 is 2.60 bits per heavy atom. The van der Waals surface area contributed by atoms with Gasteiger partial charge < -0.3 is 5.11 Å². The van der Waals surface area contributed by atoms with Gasteiger partial charge in [-0.25, -0.2) is 0 Å². The van der Waals surface area contributed by atoms with Crippen LogP contribution in [0, 0.1) is 3.57 Å². The van der Waals surface area contributed by atoms with E-state index in [1.165, 1.54) is 5.56 Å². The molecule has 1 N–H and O–H groups in total. The van der Waals surface area contributed by atoms with E-state index in [9.17, 15) is 0 Å². The van der Waals surface area contributed by atoms with Crippen LogP contribution >= 0.6 is 22.6 Å². The zero-order valence-corrected chi connectivity index (χ0v) is 7.92. The Labute approximate surface area is 74.2 Å². The normalized spacial score (nSPS) is 9.80. The molecule has 0 saturated heterocycles. The van der Waals surface area contributed by atoms with E-state index in [1.54, 1.807) is 12.1 Å². The third kappa shape index (κ3) is 1.87. The molecule has 0 heterocycles. The lowest BCUT2D eigenvalue weighted by atomic mass is 10.2. The molecule has 0 fully saturated rings. The van der Waals surface area contributed by atoms with Crippen molar-refractivity contribution in [3.63, 3.8) is 0 Å². The molecule has 0 amide bonds. The van der Waals surface area contributed by atoms with Crippen molar-refractivity contribution in [2.24, 2.45) is 0 Å². The second-order valence-corrected chi connectivity index (χ2v) is 3.42. The Morgan fingerprint density at radius 1 is 1.40 bits per heavy atom. The van der Waals surface area contributed by atoms with Crippen LogP contribution in [-0.4, -0.2) is 5.11 Å². The summed E-state index contributed by atoms with van der Waals surface area (Å²) >= 11 is 2.19. The molecule has 0 aliphatic heterocycles. The summed E-state index contributed by atoms with van der Waals surface area (Å²) in [5.41, 5.74) is 1.18. The molecule has 1 aromatic rings. The van der Waals surface area contributed by atoms with Gasteiger partial charge in [-0.2, -0.15) is 0 Å². The van der Waals surface area contributed by atoms with E-state index < -0.39 is 0 Å². The molecule has 0 bridgehead atoms. The van der Waals surface area contributed by atoms with Crippen LogP contribution in [0.1, 0.15) is 12.5 Å². The Morgan fingerprint density at radius 2 is 2.10 bits per heavy atom. The second-order valence-electron chi connectivity index (χ2n) is 2.17. The van der Waals surface area contributed by atoms with Crippen LogP contribution in [0.2, 0.25) is 0 Å². The molecule has 1 rings (SSSR count). The summed E-state index contributed by atoms with van der Waals surface area (Å²) in [6.45, 7) is 2.07. The average molecular weight is 248 g/mol. The standard InChI is InChI=1S/C8H9IO/c1-2-6-3-7(9)5-8(10)4-6/h3-5,10H,2H2,1H3. The van der Waals surface area contributed by atoms with Crippen molar-refractivity contribution in [1.29, 1.82) is 0 Å². The number of aryl methyl sites for hydroxylation is 1. The van der Waals surface area contributed by atoms with Gasteiger partial charge >= 0.3 is 0 Å². The maximum Gasteiger partial charge on any atom is 0.116 e. The van der Waals surface area contributed by atoms with Gasteiger partial charge in [0.15, 0.2) is 0 Å². The van der Waals surface area contributed by atoms with Gasteiger partial charge in [0.05, 0.1) is 0 Å². The van der Waals surface area contributed by atoms with Crippen molar-refractivity contribution < 1.29 is 5.11 Å². The quantitative estimate of drug-likeness (QED) is 0.757. The fourth-order valence-electron chi connectivity index (χ4n) is 0.837. The molecular weight excluding hydrogens is 239 g/mol. The number of phenolic OH excluding ortho intramolecular Hbond substituents is 1. The summed E-state index contributed by atoms with van der Waals surface area (Å²) in [5.74, 6) is 0.365. The second kappa shape index (κ2) is 3.23. The molecule has 0 atom stereocenters. The highest BCUT2D eigenvalue weighted by molar-refractivity contribution is 14.1. The van der Waals surface area contributed by atoms with Crippen molar-refractivity contribution in [3.8, 4) is 5.75 Å². The third-order valence-electron chi connectivity index (χ3n) is 1.35. The number of hydrogen-bond acceptors (Lipinski definition) is 1. The number of benzene rings is 1. The zero-order valence-electron chi connectivity index (χ0n) is 5.76. The molecule has 0 aliphatic carbocycles. The van der Waals surface area contributed by atoms with Gasteiger partial charge in [0.25, 0.3) is 0 Å². The fraction of sp³-hybridized carbons (Fsp3) is 0.250. The zero-order chi connectivity index (χ0) is 7.56. The first-order chi connectivity index (χ1) is 4.72. The van der Waals surface area contributed by atoms with Crippen molar-refractivity contribution in [2.45, 2.75) is 13.3 Å². The predicted molar refractivity (Wildman–Crippen MR) is 50.2 cm³/mol. The number of phenols is 1. The van der Waals surface area contributed by atoms with Gasteiger partial charge in [0.1, 0.15) is 5.75 Å². The van der Waals surface area contributed by atoms with Crippen LogP contribution in [0.3, 0.4) is 0 Å². The maximum absolute atomic E-state index is 9.12. The molecule has 1 nitrogen and oxygen atoms in total. The minimum absolute atomic E-state index is 0.365. The molecule has 0 aliphatic rings. The number of rotatable bonds is 1. The number of hydrogen-bond donors (Lipinski definition) is 1. The Balaban J connectivity index is 3.06. The molecule has 54 valence electrons. The van der Waals surface area contributed by atoms with Crippen LogP contribution in [-0.2, 0) is 6.42 Å². The summed E-state index contributed by atoms with van der Waals surface area (Å²) < 4.78 is 1.09. The van der Waals surface area contributed by atoms with E-state index in [-0.39, 0.29) is 0 Å². The van der Waals surface area contributed by atoms with Crippen LogP contribution in [0.4, 0.5) is 0 Å². The third-order valence-corrected chi connectivity index (χ3v) is 1.97. The highest BCUT2D eigenvalue weighted by Crippen LogP contribution is 2.17. The SMILES string of the molecule is CCc1cc(O)cc(I)c1. The maximum atomic E-state index is 9.12. The van der Waals surface area contributed by atoms with Crippen LogP contribution in [0.5, 0.6) is 5.75 Å². The minimum Gasteiger partial charge on any atom is -0.508 e. The van der Waals surface area contributed by atoms with E-state index in [2.05, 4.69) is 35.6 Å². The van der Waals surface area contributed by atoms with Crippen LogP contribution < -0.4 is 0 Å². The first kappa shape index (κ1) is 7.85. The van der Waals surface area contributed by atoms with Gasteiger partial charge in [0, 0.05) is 3.57 Å². The first-order valence-corrected chi connectivity index (χ1v) is 4.28. The van der Waals surface area contributed by atoms with Crippen LogP contribution in [0.25, 0.3) is 0 Å². The van der Waals surface area contributed by atoms with E-state index in [1.807, 2.05) is 0 Å². The van der Waals surface area contributed by atoms with Crippen molar-refractivity contribution >= 4 is 22.6 Å². The largest absolute Gasteiger partial charge is 0.508 e. The number of halogens is 1. The molecular formula is C8H9IO. The summed E-state index contributed by atoms with van der Waals surface area (Å²) in [4.78, 5) is 0. The predicted octanol–water partition coefficient (Wildman–Crippen LogP) is 2.56. The summed E-state index contributed by atoms with van der Waals surface area (Å²) in [7, 11) is 0. The topological polar surface area (TPSA) is 20.2 Å². The van der Waals surface area contributed by atoms with Crippen molar-refractivity contribution in [3.05, 3.63) is 27.3 Å². The molecule has 0 saturated carbocycles. The molecule has 0 aromatic heterocycles. The lowest BCUT2D eigenvalue weighted by molar-refractivity contribution is 0.474. The van der Waals surface area contributed by atoms with Crippen molar-refractivity contribution in [1.82, 2.24) is 0 Å². The van der Waals surface area contributed by atoms with Gasteiger partial charge in [0.2, 0.25) is 0 Å². The van der Waals surface area contributed by atoms with Gasteiger partial charge in [-0.15, -0.1) is 0 Å². The van der Waals surface area contributed by atoms with E-state index in [0.29, 0.717) is 5.75 Å².